The Hall–Kier alpha value is -2.94. The molecule has 2 aromatic rings. The van der Waals surface area contributed by atoms with E-state index in [1.54, 1.807) is 16.2 Å². The molecule has 188 valence electrons. The van der Waals surface area contributed by atoms with Gasteiger partial charge >= 0.3 is 12.1 Å². The van der Waals surface area contributed by atoms with Crippen LogP contribution in [0.1, 0.15) is 67.4 Å². The number of amides is 2. The summed E-state index contributed by atoms with van der Waals surface area (Å²) in [5, 5.41) is 3.97. The number of aromatic nitrogens is 1. The smallest absolute Gasteiger partial charge is 0.410 e. The maximum Gasteiger partial charge on any atom is 0.410 e. The Balaban J connectivity index is 1.35. The standard InChI is InChI=1S/C26H33N3O5S/c1-26(2,3)34-25(32)29-14-13-20-21(15-29)35-23(28-20)17-7-5-16(6-8-17)22(30)27-19-11-9-18(10-12-19)24(31)33-4/h5-8,18-19H,9-15H2,1-4H3,(H,27,30)/t18-,19-. The second kappa shape index (κ2) is 10.4. The van der Waals surface area contributed by atoms with Gasteiger partial charge in [-0.05, 0) is 58.6 Å². The normalized spacial score (nSPS) is 20.1. The number of fused-ring (bicyclic) bond motifs is 1. The molecule has 1 aromatic carbocycles. The molecule has 0 unspecified atom stereocenters. The first-order chi connectivity index (χ1) is 16.6. The lowest BCUT2D eigenvalue weighted by Crippen LogP contribution is -2.39. The van der Waals surface area contributed by atoms with E-state index in [4.69, 9.17) is 14.5 Å². The summed E-state index contributed by atoms with van der Waals surface area (Å²) < 4.78 is 10.3. The molecule has 1 aliphatic heterocycles. The van der Waals surface area contributed by atoms with Gasteiger partial charge in [-0.3, -0.25) is 9.59 Å². The average Bonchev–Trinajstić information content (AvgIpc) is 3.26. The van der Waals surface area contributed by atoms with E-state index >= 15 is 0 Å². The quantitative estimate of drug-likeness (QED) is 0.619. The van der Waals surface area contributed by atoms with Gasteiger partial charge in [-0.15, -0.1) is 11.3 Å². The van der Waals surface area contributed by atoms with Crippen LogP contribution in [0.15, 0.2) is 24.3 Å². The molecule has 0 radical (unpaired) electrons. The average molecular weight is 500 g/mol. The fourth-order valence-corrected chi connectivity index (χ4v) is 5.60. The number of hydrogen-bond donors (Lipinski definition) is 1. The van der Waals surface area contributed by atoms with Gasteiger partial charge in [0.05, 0.1) is 25.3 Å². The Labute approximate surface area is 210 Å². The molecule has 0 saturated heterocycles. The van der Waals surface area contributed by atoms with Gasteiger partial charge in [0, 0.05) is 35.0 Å². The molecule has 8 nitrogen and oxygen atoms in total. The van der Waals surface area contributed by atoms with Crippen molar-refractivity contribution in [2.24, 2.45) is 5.92 Å². The van der Waals surface area contributed by atoms with E-state index in [0.29, 0.717) is 25.1 Å². The minimum absolute atomic E-state index is 0.0623. The van der Waals surface area contributed by atoms with Gasteiger partial charge in [-0.1, -0.05) is 12.1 Å². The number of esters is 1. The molecule has 2 amide bonds. The van der Waals surface area contributed by atoms with Crippen LogP contribution in [0.4, 0.5) is 4.79 Å². The number of nitrogens with zero attached hydrogens (tertiary/aromatic N) is 2. The van der Waals surface area contributed by atoms with E-state index in [-0.39, 0.29) is 29.9 Å². The molecule has 0 bridgehead atoms. The lowest BCUT2D eigenvalue weighted by Gasteiger charge is -2.29. The van der Waals surface area contributed by atoms with Crippen LogP contribution >= 0.6 is 11.3 Å². The van der Waals surface area contributed by atoms with E-state index < -0.39 is 5.60 Å². The van der Waals surface area contributed by atoms with E-state index in [2.05, 4.69) is 5.32 Å². The SMILES string of the molecule is COC(=O)[C@H]1CC[C@H](NC(=O)c2ccc(-c3nc4c(s3)CN(C(=O)OC(C)(C)C)CC4)cc2)CC1. The van der Waals surface area contributed by atoms with Crippen molar-refractivity contribution in [2.75, 3.05) is 13.7 Å². The number of hydrogen-bond acceptors (Lipinski definition) is 7. The molecule has 35 heavy (non-hydrogen) atoms. The minimum atomic E-state index is -0.521. The number of carbonyl (C=O) groups excluding carboxylic acids is 3. The summed E-state index contributed by atoms with van der Waals surface area (Å²) in [6.07, 6.45) is 3.41. The number of ether oxygens (including phenoxy) is 2. The number of thiazole rings is 1. The lowest BCUT2D eigenvalue weighted by atomic mass is 9.86. The number of carbonyl (C=O) groups is 3. The van der Waals surface area contributed by atoms with Crippen molar-refractivity contribution in [3.8, 4) is 10.6 Å². The van der Waals surface area contributed by atoms with Crippen molar-refractivity contribution in [3.05, 3.63) is 40.4 Å². The Morgan fingerprint density at radius 1 is 1.09 bits per heavy atom. The highest BCUT2D eigenvalue weighted by atomic mass is 32.1. The van der Waals surface area contributed by atoms with E-state index in [9.17, 15) is 14.4 Å². The Bertz CT molecular complexity index is 1080. The zero-order valence-electron chi connectivity index (χ0n) is 20.8. The summed E-state index contributed by atoms with van der Waals surface area (Å²) in [4.78, 5) is 44.4. The number of nitrogens with one attached hydrogen (secondary N) is 1. The van der Waals surface area contributed by atoms with E-state index in [0.717, 1.165) is 46.8 Å². The third-order valence-corrected chi connectivity index (χ3v) is 7.51. The van der Waals surface area contributed by atoms with Crippen LogP contribution in [0.25, 0.3) is 10.6 Å². The van der Waals surface area contributed by atoms with Crippen molar-refractivity contribution < 1.29 is 23.9 Å². The monoisotopic (exact) mass is 499 g/mol. The third kappa shape index (κ3) is 6.20. The van der Waals surface area contributed by atoms with Crippen LogP contribution in [0.5, 0.6) is 0 Å². The van der Waals surface area contributed by atoms with E-state index in [1.165, 1.54) is 7.11 Å². The summed E-state index contributed by atoms with van der Waals surface area (Å²) >= 11 is 1.58. The molecule has 1 fully saturated rings. The molecule has 4 rings (SSSR count). The highest BCUT2D eigenvalue weighted by Crippen LogP contribution is 2.32. The van der Waals surface area contributed by atoms with Crippen molar-refractivity contribution >= 4 is 29.3 Å². The van der Waals surface area contributed by atoms with Gasteiger partial charge < -0.3 is 19.7 Å². The van der Waals surface area contributed by atoms with Crippen molar-refractivity contribution in [1.82, 2.24) is 15.2 Å². The molecular formula is C26H33N3O5S. The second-order valence-electron chi connectivity index (χ2n) is 10.2. The molecule has 9 heteroatoms. The Morgan fingerprint density at radius 2 is 1.77 bits per heavy atom. The first-order valence-electron chi connectivity index (χ1n) is 12.1. The van der Waals surface area contributed by atoms with Gasteiger partial charge in [-0.25, -0.2) is 9.78 Å². The number of methoxy groups -OCH3 is 1. The molecule has 1 N–H and O–H groups in total. The van der Waals surface area contributed by atoms with Gasteiger partial charge in [0.15, 0.2) is 0 Å². The molecule has 1 saturated carbocycles. The fraction of sp³-hybridized carbons (Fsp3) is 0.538. The van der Waals surface area contributed by atoms with Crippen molar-refractivity contribution in [1.29, 1.82) is 0 Å². The lowest BCUT2D eigenvalue weighted by molar-refractivity contribution is -0.146. The molecule has 0 atom stereocenters. The first kappa shape index (κ1) is 25.2. The van der Waals surface area contributed by atoms with Gasteiger partial charge in [0.25, 0.3) is 5.91 Å². The van der Waals surface area contributed by atoms with Crippen LogP contribution in [-0.4, -0.2) is 53.2 Å². The van der Waals surface area contributed by atoms with Crippen molar-refractivity contribution in [2.45, 2.75) is 71.1 Å². The van der Waals surface area contributed by atoms with Crippen LogP contribution in [-0.2, 0) is 27.2 Å². The van der Waals surface area contributed by atoms with Crippen LogP contribution in [0.2, 0.25) is 0 Å². The van der Waals surface area contributed by atoms with Crippen LogP contribution in [0.3, 0.4) is 0 Å². The molecule has 0 spiro atoms. The maximum atomic E-state index is 12.7. The molecule has 2 heterocycles. The minimum Gasteiger partial charge on any atom is -0.469 e. The predicted molar refractivity (Wildman–Crippen MR) is 133 cm³/mol. The topological polar surface area (TPSA) is 97.8 Å². The molecule has 2 aliphatic rings. The zero-order chi connectivity index (χ0) is 25.2. The Kier molecular flexibility index (Phi) is 7.44. The van der Waals surface area contributed by atoms with Crippen LogP contribution < -0.4 is 5.32 Å². The molecular weight excluding hydrogens is 466 g/mol. The third-order valence-electron chi connectivity index (χ3n) is 6.37. The van der Waals surface area contributed by atoms with Gasteiger partial charge in [0.1, 0.15) is 10.6 Å². The first-order valence-corrected chi connectivity index (χ1v) is 12.9. The summed E-state index contributed by atoms with van der Waals surface area (Å²) in [6, 6.07) is 7.54. The van der Waals surface area contributed by atoms with Gasteiger partial charge in [0.2, 0.25) is 0 Å². The second-order valence-corrected chi connectivity index (χ2v) is 11.2. The molecule has 1 aromatic heterocycles. The number of rotatable bonds is 4. The maximum absolute atomic E-state index is 12.7. The Morgan fingerprint density at radius 3 is 2.40 bits per heavy atom. The number of benzene rings is 1. The van der Waals surface area contributed by atoms with Crippen LogP contribution in [0, 0.1) is 5.92 Å². The predicted octanol–water partition coefficient (Wildman–Crippen LogP) is 4.56. The summed E-state index contributed by atoms with van der Waals surface area (Å²) in [5.41, 5.74) is 2.05. The van der Waals surface area contributed by atoms with Gasteiger partial charge in [-0.2, -0.15) is 0 Å². The fourth-order valence-electron chi connectivity index (χ4n) is 4.47. The molecule has 1 aliphatic carbocycles. The van der Waals surface area contributed by atoms with Crippen molar-refractivity contribution in [3.63, 3.8) is 0 Å². The highest BCUT2D eigenvalue weighted by molar-refractivity contribution is 7.15. The zero-order valence-corrected chi connectivity index (χ0v) is 21.6. The summed E-state index contributed by atoms with van der Waals surface area (Å²) in [5.74, 6) is -0.330. The summed E-state index contributed by atoms with van der Waals surface area (Å²) in [7, 11) is 1.42. The highest BCUT2D eigenvalue weighted by Gasteiger charge is 2.29. The van der Waals surface area contributed by atoms with E-state index in [1.807, 2.05) is 45.0 Å². The largest absolute Gasteiger partial charge is 0.469 e. The summed E-state index contributed by atoms with van der Waals surface area (Å²) in [6.45, 7) is 6.69.